The van der Waals surface area contributed by atoms with Gasteiger partial charge in [0.25, 0.3) is 0 Å². The molecule has 1 heterocycles. The van der Waals surface area contributed by atoms with Crippen molar-refractivity contribution in [2.45, 2.75) is 19.1 Å². The van der Waals surface area contributed by atoms with Gasteiger partial charge >= 0.3 is 0 Å². The predicted molar refractivity (Wildman–Crippen MR) is 76.1 cm³/mol. The number of halogens is 1. The highest BCUT2D eigenvalue weighted by Gasteiger charge is 2.31. The molecule has 1 aliphatic rings. The molecule has 1 aromatic rings. The second kappa shape index (κ2) is 5.54. The van der Waals surface area contributed by atoms with Gasteiger partial charge in [0.2, 0.25) is 5.91 Å². The Balaban J connectivity index is 2.17. The van der Waals surface area contributed by atoms with Crippen LogP contribution in [-0.2, 0) is 4.79 Å². The molecule has 1 aromatic carbocycles. The van der Waals surface area contributed by atoms with Crippen molar-refractivity contribution < 1.29 is 4.79 Å². The van der Waals surface area contributed by atoms with Gasteiger partial charge in [-0.1, -0.05) is 35.5 Å². The van der Waals surface area contributed by atoms with Crippen LogP contribution in [0.3, 0.4) is 0 Å². The van der Waals surface area contributed by atoms with E-state index in [1.165, 1.54) is 11.8 Å². The first-order valence-corrected chi connectivity index (χ1v) is 6.64. The first-order valence-electron chi connectivity index (χ1n) is 5.38. The fourth-order valence-electron chi connectivity index (χ4n) is 1.42. The van der Waals surface area contributed by atoms with Gasteiger partial charge in [-0.2, -0.15) is 5.10 Å². The van der Waals surface area contributed by atoms with Gasteiger partial charge < -0.3 is 5.32 Å². The molecule has 0 bridgehead atoms. The van der Waals surface area contributed by atoms with Crippen molar-refractivity contribution in [2.75, 3.05) is 0 Å². The number of carbonyl (C=O) groups is 1. The summed E-state index contributed by atoms with van der Waals surface area (Å²) < 4.78 is 0. The third-order valence-corrected chi connectivity index (χ3v) is 3.59. The highest BCUT2D eigenvalue weighted by molar-refractivity contribution is 8.15. The molecule has 0 saturated carbocycles. The van der Waals surface area contributed by atoms with Crippen LogP contribution in [0.15, 0.2) is 34.5 Å². The average Bonchev–Trinajstić information content (AvgIpc) is 2.69. The molecule has 0 aliphatic carbocycles. The summed E-state index contributed by atoms with van der Waals surface area (Å²) in [4.78, 5) is 11.8. The van der Waals surface area contributed by atoms with Gasteiger partial charge in [-0.15, -0.1) is 5.10 Å². The zero-order valence-electron chi connectivity index (χ0n) is 9.98. The molecule has 0 aromatic heterocycles. The van der Waals surface area contributed by atoms with E-state index in [2.05, 4.69) is 15.5 Å². The number of benzene rings is 1. The Hall–Kier alpha value is -1.33. The van der Waals surface area contributed by atoms with E-state index in [4.69, 9.17) is 11.6 Å². The summed E-state index contributed by atoms with van der Waals surface area (Å²) in [7, 11) is 0. The van der Waals surface area contributed by atoms with E-state index in [-0.39, 0.29) is 11.2 Å². The third kappa shape index (κ3) is 3.11. The Labute approximate surface area is 115 Å². The van der Waals surface area contributed by atoms with Crippen LogP contribution in [0, 0.1) is 0 Å². The van der Waals surface area contributed by atoms with Gasteiger partial charge in [0.05, 0.1) is 0 Å². The van der Waals surface area contributed by atoms with Crippen LogP contribution < -0.4 is 5.32 Å². The molecule has 4 nitrogen and oxygen atoms in total. The summed E-state index contributed by atoms with van der Waals surface area (Å²) in [6, 6.07) is 7.23. The zero-order valence-corrected chi connectivity index (χ0v) is 11.5. The van der Waals surface area contributed by atoms with Crippen LogP contribution in [0.1, 0.15) is 24.7 Å². The molecular weight excluding hydrogens is 270 g/mol. The molecular formula is C12H12ClN3OS. The number of hydrogen-bond donors (Lipinski definition) is 1. The molecule has 1 aliphatic heterocycles. The summed E-state index contributed by atoms with van der Waals surface area (Å²) in [5.41, 5.74) is 1.75. The fourth-order valence-corrected chi connectivity index (χ4v) is 2.47. The number of thioether (sulfide) groups is 1. The average molecular weight is 282 g/mol. The molecule has 6 heteroatoms. The number of hydrogen-bond acceptors (Lipinski definition) is 4. The van der Waals surface area contributed by atoms with Crippen LogP contribution in [0.4, 0.5) is 0 Å². The van der Waals surface area contributed by atoms with Gasteiger partial charge in [0.1, 0.15) is 5.25 Å². The summed E-state index contributed by atoms with van der Waals surface area (Å²) >= 11 is 7.18. The molecule has 0 spiro atoms. The zero-order chi connectivity index (χ0) is 13.1. The lowest BCUT2D eigenvalue weighted by molar-refractivity contribution is -0.118. The van der Waals surface area contributed by atoms with Gasteiger partial charge in [-0.25, -0.2) is 0 Å². The van der Waals surface area contributed by atoms with Crippen molar-refractivity contribution in [1.29, 1.82) is 0 Å². The Morgan fingerprint density at radius 3 is 2.61 bits per heavy atom. The number of amidine groups is 1. The summed E-state index contributed by atoms with van der Waals surface area (Å²) in [5.74, 6) is -0.0787. The van der Waals surface area contributed by atoms with Crippen molar-refractivity contribution in [3.8, 4) is 0 Å². The molecule has 1 saturated heterocycles. The Kier molecular flexibility index (Phi) is 4.04. The Morgan fingerprint density at radius 1 is 1.33 bits per heavy atom. The molecule has 1 fully saturated rings. The van der Waals surface area contributed by atoms with E-state index in [0.717, 1.165) is 11.3 Å². The fraction of sp³-hybridized carbons (Fsp3) is 0.250. The van der Waals surface area contributed by atoms with E-state index in [9.17, 15) is 4.79 Å². The van der Waals surface area contributed by atoms with E-state index in [1.54, 1.807) is 12.1 Å². The Bertz CT molecular complexity index is 521. The first kappa shape index (κ1) is 13.1. The van der Waals surface area contributed by atoms with Gasteiger partial charge in [0, 0.05) is 10.7 Å². The number of nitrogens with one attached hydrogen (secondary N) is 1. The highest BCUT2D eigenvalue weighted by atomic mass is 35.5. The smallest absolute Gasteiger partial charge is 0.244 e. The maximum Gasteiger partial charge on any atom is 0.244 e. The minimum Gasteiger partial charge on any atom is -0.302 e. The molecule has 1 atom stereocenters. The quantitative estimate of drug-likeness (QED) is 0.669. The lowest BCUT2D eigenvalue weighted by atomic mass is 10.1. The second-order valence-electron chi connectivity index (χ2n) is 3.99. The molecule has 94 valence electrons. The van der Waals surface area contributed by atoms with Crippen molar-refractivity contribution >= 4 is 40.1 Å². The normalized spacial score (nSPS) is 20.9. The topological polar surface area (TPSA) is 53.8 Å². The van der Waals surface area contributed by atoms with Crippen LogP contribution in [-0.4, -0.2) is 16.8 Å². The summed E-state index contributed by atoms with van der Waals surface area (Å²) in [6.45, 7) is 3.70. The van der Waals surface area contributed by atoms with Crippen LogP contribution in [0.5, 0.6) is 0 Å². The highest BCUT2D eigenvalue weighted by Crippen LogP contribution is 2.34. The molecule has 2 rings (SSSR count). The third-order valence-electron chi connectivity index (χ3n) is 2.21. The number of nitrogens with zero attached hydrogens (tertiary/aromatic N) is 2. The van der Waals surface area contributed by atoms with Crippen molar-refractivity contribution in [1.82, 2.24) is 5.32 Å². The minimum absolute atomic E-state index is 0.0787. The molecule has 1 N–H and O–H groups in total. The van der Waals surface area contributed by atoms with E-state index < -0.39 is 0 Å². The number of rotatable bonds is 2. The number of carbonyl (C=O) groups excluding carboxylic acids is 1. The molecule has 18 heavy (non-hydrogen) atoms. The van der Waals surface area contributed by atoms with E-state index in [0.29, 0.717) is 10.2 Å². The predicted octanol–water partition coefficient (Wildman–Crippen LogP) is 3.00. The molecule has 0 radical (unpaired) electrons. The van der Waals surface area contributed by atoms with E-state index in [1.807, 2.05) is 26.0 Å². The molecule has 1 amide bonds. The van der Waals surface area contributed by atoms with Crippen LogP contribution >= 0.6 is 23.4 Å². The van der Waals surface area contributed by atoms with Crippen molar-refractivity contribution in [2.24, 2.45) is 10.2 Å². The van der Waals surface area contributed by atoms with Gasteiger partial charge in [0.15, 0.2) is 5.17 Å². The lowest BCUT2D eigenvalue weighted by Crippen LogP contribution is -2.21. The summed E-state index contributed by atoms with van der Waals surface area (Å²) in [6.07, 6.45) is 0. The second-order valence-corrected chi connectivity index (χ2v) is 5.52. The lowest BCUT2D eigenvalue weighted by Gasteiger charge is -2.04. The van der Waals surface area contributed by atoms with Gasteiger partial charge in [-0.05, 0) is 31.5 Å². The largest absolute Gasteiger partial charge is 0.302 e. The minimum atomic E-state index is -0.284. The Morgan fingerprint density at radius 2 is 2.00 bits per heavy atom. The maximum absolute atomic E-state index is 11.8. The van der Waals surface area contributed by atoms with Crippen LogP contribution in [0.2, 0.25) is 5.02 Å². The van der Waals surface area contributed by atoms with Gasteiger partial charge in [-0.3, -0.25) is 4.79 Å². The van der Waals surface area contributed by atoms with E-state index >= 15 is 0 Å². The molecule has 0 unspecified atom stereocenters. The number of amides is 1. The van der Waals surface area contributed by atoms with Crippen molar-refractivity contribution in [3.63, 3.8) is 0 Å². The van der Waals surface area contributed by atoms with Crippen molar-refractivity contribution in [3.05, 3.63) is 34.9 Å². The van der Waals surface area contributed by atoms with Crippen LogP contribution in [0.25, 0.3) is 0 Å². The maximum atomic E-state index is 11.8. The monoisotopic (exact) mass is 281 g/mol. The SMILES string of the molecule is CC(C)=NN=C1NC(=O)[C@H](c2ccc(Cl)cc2)S1. The first-order chi connectivity index (χ1) is 8.56. The standard InChI is InChI=1S/C12H12ClN3OS/c1-7(2)15-16-12-14-11(17)10(18-12)8-3-5-9(13)6-4-8/h3-6,10H,1-2H3,(H,14,16,17)/t10-/m0/s1. The summed E-state index contributed by atoms with van der Waals surface area (Å²) in [5, 5.41) is 11.5.